The molecule has 1 fully saturated rings. The Kier molecular flexibility index (Phi) is 6.00. The summed E-state index contributed by atoms with van der Waals surface area (Å²) in [5, 5.41) is 4.98. The lowest BCUT2D eigenvalue weighted by molar-refractivity contribution is 0.189. The van der Waals surface area contributed by atoms with Crippen LogP contribution in [0.3, 0.4) is 0 Å². The molecule has 0 saturated carbocycles. The van der Waals surface area contributed by atoms with Gasteiger partial charge in [-0.25, -0.2) is 4.98 Å². The first-order valence-corrected chi connectivity index (χ1v) is 8.71. The molecule has 4 heteroatoms. The summed E-state index contributed by atoms with van der Waals surface area (Å²) in [4.78, 5) is 8.34. The Morgan fingerprint density at radius 2 is 2.05 bits per heavy atom. The zero-order chi connectivity index (χ0) is 14.5. The van der Waals surface area contributed by atoms with E-state index < -0.39 is 0 Å². The predicted molar refractivity (Wildman–Crippen MR) is 87.2 cm³/mol. The second-order valence-corrected chi connectivity index (χ2v) is 7.83. The Labute approximate surface area is 127 Å². The number of nitrogens with zero attached hydrogens (tertiary/aromatic N) is 2. The molecular formula is C16H29N3S. The van der Waals surface area contributed by atoms with Gasteiger partial charge in [0.1, 0.15) is 0 Å². The Morgan fingerprint density at radius 3 is 2.70 bits per heavy atom. The van der Waals surface area contributed by atoms with Gasteiger partial charge >= 0.3 is 0 Å². The number of nitrogens with one attached hydrogen (secondary N) is 1. The van der Waals surface area contributed by atoms with Gasteiger partial charge in [-0.3, -0.25) is 0 Å². The fraction of sp³-hybridized carbons (Fsp3) is 0.812. The first-order valence-electron chi connectivity index (χ1n) is 7.90. The highest BCUT2D eigenvalue weighted by atomic mass is 32.1. The summed E-state index contributed by atoms with van der Waals surface area (Å²) < 4.78 is 0. The SMILES string of the molecule is CC(C)Cc1ncc(CN[C@@H](C)C2CCN(C)CC2)s1. The van der Waals surface area contributed by atoms with Crippen LogP contribution in [0, 0.1) is 11.8 Å². The molecule has 0 spiro atoms. The molecule has 1 aliphatic heterocycles. The Balaban J connectivity index is 1.75. The van der Waals surface area contributed by atoms with Crippen LogP contribution in [0.5, 0.6) is 0 Å². The quantitative estimate of drug-likeness (QED) is 0.874. The Bertz CT molecular complexity index is 394. The second kappa shape index (κ2) is 7.53. The molecule has 1 atom stereocenters. The van der Waals surface area contributed by atoms with Crippen molar-refractivity contribution in [2.45, 2.75) is 52.6 Å². The largest absolute Gasteiger partial charge is 0.309 e. The van der Waals surface area contributed by atoms with Gasteiger partial charge in [-0.2, -0.15) is 0 Å². The molecule has 0 aliphatic carbocycles. The molecular weight excluding hydrogens is 266 g/mol. The summed E-state index contributed by atoms with van der Waals surface area (Å²) in [5.74, 6) is 1.52. The van der Waals surface area contributed by atoms with Crippen LogP contribution in [0.1, 0.15) is 43.5 Å². The number of thiazole rings is 1. The normalized spacial score (nSPS) is 19.6. The fourth-order valence-corrected chi connectivity index (χ4v) is 3.92. The average Bonchev–Trinajstić information content (AvgIpc) is 2.83. The molecule has 0 aromatic carbocycles. The third kappa shape index (κ3) is 4.83. The lowest BCUT2D eigenvalue weighted by Crippen LogP contribution is -2.40. The summed E-state index contributed by atoms with van der Waals surface area (Å²) >= 11 is 1.87. The van der Waals surface area contributed by atoms with Gasteiger partial charge < -0.3 is 10.2 Å². The molecule has 3 nitrogen and oxygen atoms in total. The van der Waals surface area contributed by atoms with E-state index >= 15 is 0 Å². The summed E-state index contributed by atoms with van der Waals surface area (Å²) in [5.41, 5.74) is 0. The van der Waals surface area contributed by atoms with Crippen molar-refractivity contribution in [2.24, 2.45) is 11.8 Å². The summed E-state index contributed by atoms with van der Waals surface area (Å²) in [6, 6.07) is 0.611. The molecule has 0 radical (unpaired) electrons. The second-order valence-electron chi connectivity index (χ2n) is 6.63. The fourth-order valence-electron chi connectivity index (χ4n) is 2.83. The molecule has 1 saturated heterocycles. The van der Waals surface area contributed by atoms with Crippen LogP contribution in [-0.4, -0.2) is 36.1 Å². The first-order chi connectivity index (χ1) is 9.54. The minimum absolute atomic E-state index is 0.611. The third-order valence-electron chi connectivity index (χ3n) is 4.25. The summed E-state index contributed by atoms with van der Waals surface area (Å²) in [6.45, 7) is 10.3. The van der Waals surface area contributed by atoms with Gasteiger partial charge in [0, 0.05) is 30.1 Å². The highest BCUT2D eigenvalue weighted by Gasteiger charge is 2.21. The van der Waals surface area contributed by atoms with Crippen LogP contribution in [-0.2, 0) is 13.0 Å². The van der Waals surface area contributed by atoms with Gasteiger partial charge in [0.05, 0.1) is 5.01 Å². The van der Waals surface area contributed by atoms with E-state index in [1.165, 1.54) is 35.8 Å². The van der Waals surface area contributed by atoms with E-state index in [2.05, 4.69) is 49.2 Å². The van der Waals surface area contributed by atoms with Crippen molar-refractivity contribution in [3.05, 3.63) is 16.1 Å². The van der Waals surface area contributed by atoms with Gasteiger partial charge in [-0.1, -0.05) is 13.8 Å². The monoisotopic (exact) mass is 295 g/mol. The molecule has 0 amide bonds. The van der Waals surface area contributed by atoms with Crippen LogP contribution in [0.4, 0.5) is 0 Å². The molecule has 1 aromatic heterocycles. The van der Waals surface area contributed by atoms with Crippen molar-refractivity contribution < 1.29 is 0 Å². The number of aromatic nitrogens is 1. The molecule has 0 bridgehead atoms. The minimum Gasteiger partial charge on any atom is -0.309 e. The van der Waals surface area contributed by atoms with Gasteiger partial charge in [-0.05, 0) is 51.7 Å². The van der Waals surface area contributed by atoms with Crippen molar-refractivity contribution in [2.75, 3.05) is 20.1 Å². The Morgan fingerprint density at radius 1 is 1.35 bits per heavy atom. The topological polar surface area (TPSA) is 28.2 Å². The van der Waals surface area contributed by atoms with Crippen molar-refractivity contribution >= 4 is 11.3 Å². The maximum absolute atomic E-state index is 4.53. The van der Waals surface area contributed by atoms with Gasteiger partial charge in [0.2, 0.25) is 0 Å². The minimum atomic E-state index is 0.611. The lowest BCUT2D eigenvalue weighted by atomic mass is 9.90. The average molecular weight is 295 g/mol. The van der Waals surface area contributed by atoms with Crippen LogP contribution in [0.25, 0.3) is 0 Å². The maximum Gasteiger partial charge on any atom is 0.0930 e. The number of hydrogen-bond acceptors (Lipinski definition) is 4. The molecule has 20 heavy (non-hydrogen) atoms. The van der Waals surface area contributed by atoms with Crippen LogP contribution in [0.2, 0.25) is 0 Å². The smallest absolute Gasteiger partial charge is 0.0930 e. The van der Waals surface area contributed by atoms with E-state index in [4.69, 9.17) is 0 Å². The van der Waals surface area contributed by atoms with E-state index in [0.717, 1.165) is 18.9 Å². The number of hydrogen-bond donors (Lipinski definition) is 1. The zero-order valence-electron chi connectivity index (χ0n) is 13.4. The molecule has 114 valence electrons. The molecule has 1 aliphatic rings. The van der Waals surface area contributed by atoms with E-state index in [1.807, 2.05) is 11.3 Å². The lowest BCUT2D eigenvalue weighted by Gasteiger charge is -2.33. The van der Waals surface area contributed by atoms with E-state index in [-0.39, 0.29) is 0 Å². The number of piperidine rings is 1. The predicted octanol–water partition coefficient (Wildman–Crippen LogP) is 3.16. The van der Waals surface area contributed by atoms with Crippen LogP contribution < -0.4 is 5.32 Å². The van der Waals surface area contributed by atoms with E-state index in [1.54, 1.807) is 0 Å². The van der Waals surface area contributed by atoms with Crippen molar-refractivity contribution in [1.29, 1.82) is 0 Å². The Hall–Kier alpha value is -0.450. The third-order valence-corrected chi connectivity index (χ3v) is 5.27. The molecule has 2 rings (SSSR count). The van der Waals surface area contributed by atoms with Gasteiger partial charge in [0.25, 0.3) is 0 Å². The molecule has 1 N–H and O–H groups in total. The molecule has 2 heterocycles. The molecule has 0 unspecified atom stereocenters. The number of likely N-dealkylation sites (tertiary alicyclic amines) is 1. The standard InChI is InChI=1S/C16H29N3S/c1-12(2)9-16-18-11-15(20-16)10-17-13(3)14-5-7-19(4)8-6-14/h11-14,17H,5-10H2,1-4H3/t13-/m0/s1. The highest BCUT2D eigenvalue weighted by molar-refractivity contribution is 7.11. The van der Waals surface area contributed by atoms with Gasteiger partial charge in [0.15, 0.2) is 0 Å². The maximum atomic E-state index is 4.53. The van der Waals surface area contributed by atoms with Crippen LogP contribution in [0.15, 0.2) is 6.20 Å². The van der Waals surface area contributed by atoms with E-state index in [0.29, 0.717) is 12.0 Å². The van der Waals surface area contributed by atoms with Crippen molar-refractivity contribution in [3.63, 3.8) is 0 Å². The first kappa shape index (κ1) is 15.9. The number of rotatable bonds is 6. The summed E-state index contributed by atoms with van der Waals surface area (Å²) in [6.07, 6.45) is 5.81. The van der Waals surface area contributed by atoms with Crippen molar-refractivity contribution in [1.82, 2.24) is 15.2 Å². The molecule has 1 aromatic rings. The van der Waals surface area contributed by atoms with E-state index in [9.17, 15) is 0 Å². The summed E-state index contributed by atoms with van der Waals surface area (Å²) in [7, 11) is 2.22. The highest BCUT2D eigenvalue weighted by Crippen LogP contribution is 2.21. The van der Waals surface area contributed by atoms with Crippen molar-refractivity contribution in [3.8, 4) is 0 Å². The zero-order valence-corrected chi connectivity index (χ0v) is 14.2. The van der Waals surface area contributed by atoms with Gasteiger partial charge in [-0.15, -0.1) is 11.3 Å². The van der Waals surface area contributed by atoms with Crippen LogP contribution >= 0.6 is 11.3 Å².